The number of aromatic amines is 1. The van der Waals surface area contributed by atoms with Crippen LogP contribution in [0.2, 0.25) is 0 Å². The number of hydrogen-bond donors (Lipinski definition) is 1. The molecule has 0 aliphatic rings. The van der Waals surface area contributed by atoms with Crippen molar-refractivity contribution in [3.8, 4) is 11.3 Å². The van der Waals surface area contributed by atoms with Crippen molar-refractivity contribution in [1.29, 1.82) is 0 Å². The quantitative estimate of drug-likeness (QED) is 0.649. The largest absolute Gasteiger partial charge is 0.359 e. The maximum absolute atomic E-state index is 4.38. The molecule has 0 bridgehead atoms. The topological polar surface area (TPSA) is 46.5 Å². The molecule has 1 N–H and O–H groups in total. The molecule has 0 atom stereocenters. The Morgan fingerprint density at radius 1 is 1.33 bits per heavy atom. The van der Waals surface area contributed by atoms with Crippen LogP contribution in [0.15, 0.2) is 36.9 Å². The van der Waals surface area contributed by atoms with E-state index in [0.29, 0.717) is 0 Å². The van der Waals surface area contributed by atoms with Crippen molar-refractivity contribution < 1.29 is 0 Å². The van der Waals surface area contributed by atoms with Crippen LogP contribution in [0.5, 0.6) is 0 Å². The molecule has 15 heavy (non-hydrogen) atoms. The van der Waals surface area contributed by atoms with Gasteiger partial charge in [0, 0.05) is 36.6 Å². The molecule has 0 aliphatic carbocycles. The Bertz CT molecular complexity index is 606. The highest BCUT2D eigenvalue weighted by atomic mass is 15.2. The van der Waals surface area contributed by atoms with Gasteiger partial charge in [0.05, 0.1) is 17.4 Å². The maximum atomic E-state index is 4.38. The van der Waals surface area contributed by atoms with Crippen LogP contribution < -0.4 is 0 Å². The highest BCUT2D eigenvalue weighted by Gasteiger charge is 2.07. The molecule has 3 rings (SSSR count). The third-order valence-electron chi connectivity index (χ3n) is 2.47. The summed E-state index contributed by atoms with van der Waals surface area (Å²) < 4.78 is 1.80. The molecule has 0 radical (unpaired) electrons. The molecule has 4 heteroatoms. The van der Waals surface area contributed by atoms with E-state index in [1.165, 1.54) is 0 Å². The number of aromatic nitrogens is 4. The van der Waals surface area contributed by atoms with Crippen molar-refractivity contribution in [1.82, 2.24) is 19.7 Å². The molecule has 0 saturated heterocycles. The molecule has 0 saturated carbocycles. The molecular weight excluding hydrogens is 188 g/mol. The Morgan fingerprint density at radius 2 is 2.27 bits per heavy atom. The smallest absolute Gasteiger partial charge is 0.0944 e. The summed E-state index contributed by atoms with van der Waals surface area (Å²) in [7, 11) is 1.92. The van der Waals surface area contributed by atoms with Gasteiger partial charge in [0.2, 0.25) is 0 Å². The maximum Gasteiger partial charge on any atom is 0.0944 e. The normalized spacial score (nSPS) is 11.0. The highest BCUT2D eigenvalue weighted by molar-refractivity contribution is 5.93. The SMILES string of the molecule is Cn1ccc(-c2c[nH]c3cnccc23)n1. The van der Waals surface area contributed by atoms with E-state index in [9.17, 15) is 0 Å². The number of nitrogens with zero attached hydrogens (tertiary/aromatic N) is 3. The molecule has 0 spiro atoms. The summed E-state index contributed by atoms with van der Waals surface area (Å²) in [4.78, 5) is 7.25. The van der Waals surface area contributed by atoms with Crippen LogP contribution in [0.4, 0.5) is 0 Å². The number of pyridine rings is 1. The first-order valence-corrected chi connectivity index (χ1v) is 4.76. The zero-order valence-electron chi connectivity index (χ0n) is 8.31. The summed E-state index contributed by atoms with van der Waals surface area (Å²) in [5.74, 6) is 0. The van der Waals surface area contributed by atoms with Crippen LogP contribution in [-0.2, 0) is 7.05 Å². The van der Waals surface area contributed by atoms with Crippen molar-refractivity contribution >= 4 is 10.9 Å². The minimum absolute atomic E-state index is 0.981. The molecule has 4 nitrogen and oxygen atoms in total. The van der Waals surface area contributed by atoms with E-state index >= 15 is 0 Å². The third-order valence-corrected chi connectivity index (χ3v) is 2.47. The summed E-state index contributed by atoms with van der Waals surface area (Å²) in [6, 6.07) is 4.00. The van der Waals surface area contributed by atoms with Gasteiger partial charge in [-0.1, -0.05) is 0 Å². The van der Waals surface area contributed by atoms with Crippen LogP contribution in [-0.4, -0.2) is 19.7 Å². The first-order valence-electron chi connectivity index (χ1n) is 4.76. The van der Waals surface area contributed by atoms with Gasteiger partial charge in [-0.2, -0.15) is 5.10 Å². The molecule has 3 aromatic heterocycles. The fourth-order valence-corrected chi connectivity index (χ4v) is 1.74. The average Bonchev–Trinajstić information content (AvgIpc) is 2.83. The fourth-order valence-electron chi connectivity index (χ4n) is 1.74. The summed E-state index contributed by atoms with van der Waals surface area (Å²) >= 11 is 0. The van der Waals surface area contributed by atoms with Gasteiger partial charge in [0.15, 0.2) is 0 Å². The van der Waals surface area contributed by atoms with Gasteiger partial charge in [-0.05, 0) is 12.1 Å². The lowest BCUT2D eigenvalue weighted by Crippen LogP contribution is -1.87. The average molecular weight is 198 g/mol. The zero-order chi connectivity index (χ0) is 10.3. The number of H-pyrrole nitrogens is 1. The molecular formula is C11H10N4. The van der Waals surface area contributed by atoms with Crippen molar-refractivity contribution in [2.45, 2.75) is 0 Å². The van der Waals surface area contributed by atoms with Crippen molar-refractivity contribution in [3.63, 3.8) is 0 Å². The van der Waals surface area contributed by atoms with Crippen molar-refractivity contribution in [3.05, 3.63) is 36.9 Å². The van der Waals surface area contributed by atoms with Crippen LogP contribution >= 0.6 is 0 Å². The molecule has 3 heterocycles. The van der Waals surface area contributed by atoms with E-state index in [1.807, 2.05) is 37.8 Å². The summed E-state index contributed by atoms with van der Waals surface area (Å²) in [6.07, 6.45) is 7.52. The van der Waals surface area contributed by atoms with E-state index in [2.05, 4.69) is 15.1 Å². The van der Waals surface area contributed by atoms with Gasteiger partial charge in [-0.3, -0.25) is 9.67 Å². The highest BCUT2D eigenvalue weighted by Crippen LogP contribution is 2.25. The predicted molar refractivity (Wildman–Crippen MR) is 58.3 cm³/mol. The molecule has 3 aromatic rings. The summed E-state index contributed by atoms with van der Waals surface area (Å²) in [5, 5.41) is 5.54. The molecule has 0 fully saturated rings. The molecule has 0 amide bonds. The number of nitrogens with one attached hydrogen (secondary N) is 1. The number of aryl methyl sites for hydroxylation is 1. The van der Waals surface area contributed by atoms with E-state index < -0.39 is 0 Å². The van der Waals surface area contributed by atoms with Crippen LogP contribution in [0.3, 0.4) is 0 Å². The predicted octanol–water partition coefficient (Wildman–Crippen LogP) is 1.96. The monoisotopic (exact) mass is 198 g/mol. The Hall–Kier alpha value is -2.10. The van der Waals surface area contributed by atoms with E-state index in [1.54, 1.807) is 10.9 Å². The van der Waals surface area contributed by atoms with Crippen LogP contribution in [0.1, 0.15) is 0 Å². The first kappa shape index (κ1) is 8.23. The summed E-state index contributed by atoms with van der Waals surface area (Å²) in [5.41, 5.74) is 3.14. The second-order valence-corrected chi connectivity index (χ2v) is 3.50. The lowest BCUT2D eigenvalue weighted by Gasteiger charge is -1.93. The van der Waals surface area contributed by atoms with Gasteiger partial charge < -0.3 is 4.98 Å². The van der Waals surface area contributed by atoms with Gasteiger partial charge in [0.25, 0.3) is 0 Å². The Kier molecular flexibility index (Phi) is 1.62. The Labute approximate surface area is 86.6 Å². The molecule has 0 aliphatic heterocycles. The minimum atomic E-state index is 0.981. The Balaban J connectivity index is 2.27. The van der Waals surface area contributed by atoms with Gasteiger partial charge in [-0.15, -0.1) is 0 Å². The summed E-state index contributed by atoms with van der Waals surface area (Å²) in [6.45, 7) is 0. The molecule has 0 unspecified atom stereocenters. The van der Waals surface area contributed by atoms with Crippen LogP contribution in [0.25, 0.3) is 22.2 Å². The van der Waals surface area contributed by atoms with E-state index in [-0.39, 0.29) is 0 Å². The lowest BCUT2D eigenvalue weighted by molar-refractivity contribution is 0.771. The Morgan fingerprint density at radius 3 is 3.07 bits per heavy atom. The lowest BCUT2D eigenvalue weighted by atomic mass is 10.1. The fraction of sp³-hybridized carbons (Fsp3) is 0.0909. The van der Waals surface area contributed by atoms with E-state index in [0.717, 1.165) is 22.2 Å². The standard InChI is InChI=1S/C11H10N4/c1-15-5-3-10(14-15)9-6-13-11-7-12-4-2-8(9)11/h2-7,13H,1H3. The zero-order valence-corrected chi connectivity index (χ0v) is 8.31. The van der Waals surface area contributed by atoms with Crippen molar-refractivity contribution in [2.75, 3.05) is 0 Å². The minimum Gasteiger partial charge on any atom is -0.359 e. The second-order valence-electron chi connectivity index (χ2n) is 3.50. The molecule has 0 aromatic carbocycles. The van der Waals surface area contributed by atoms with Gasteiger partial charge in [0.1, 0.15) is 0 Å². The van der Waals surface area contributed by atoms with Crippen LogP contribution in [0, 0.1) is 0 Å². The second kappa shape index (κ2) is 2.95. The number of fused-ring (bicyclic) bond motifs is 1. The number of hydrogen-bond acceptors (Lipinski definition) is 2. The van der Waals surface area contributed by atoms with Gasteiger partial charge in [-0.25, -0.2) is 0 Å². The van der Waals surface area contributed by atoms with Gasteiger partial charge >= 0.3 is 0 Å². The first-order chi connectivity index (χ1) is 7.34. The van der Waals surface area contributed by atoms with E-state index in [4.69, 9.17) is 0 Å². The molecule has 74 valence electrons. The van der Waals surface area contributed by atoms with Crippen molar-refractivity contribution in [2.24, 2.45) is 7.05 Å². The third kappa shape index (κ3) is 1.22. The number of rotatable bonds is 1.